The minimum absolute atomic E-state index is 0.116. The average molecular weight is 266 g/mol. The van der Waals surface area contributed by atoms with E-state index in [9.17, 15) is 13.2 Å². The summed E-state index contributed by atoms with van der Waals surface area (Å²) in [5, 5.41) is 19.3. The predicted molar refractivity (Wildman–Crippen MR) is 58.7 cm³/mol. The highest BCUT2D eigenvalue weighted by Crippen LogP contribution is 2.20. The molecule has 8 heteroatoms. The first-order chi connectivity index (χ1) is 8.08. The Morgan fingerprint density at radius 1 is 1.39 bits per heavy atom. The standard InChI is InChI=1S/C10H17F3N4O/c1-9(2,3)14-4-7-5-17(16-15-7)6-8(18)10(11,12)13/h5,8,14,18H,4,6H2,1-3H3. The highest BCUT2D eigenvalue weighted by molar-refractivity contribution is 4.93. The molecule has 1 heterocycles. The van der Waals surface area contributed by atoms with E-state index < -0.39 is 18.8 Å². The maximum absolute atomic E-state index is 12.1. The van der Waals surface area contributed by atoms with Crippen molar-refractivity contribution in [1.82, 2.24) is 20.3 Å². The summed E-state index contributed by atoms with van der Waals surface area (Å²) in [6.45, 7) is 5.65. The number of aliphatic hydroxyl groups is 1. The lowest BCUT2D eigenvalue weighted by Crippen LogP contribution is -2.35. The van der Waals surface area contributed by atoms with Crippen LogP contribution in [0.15, 0.2) is 6.20 Å². The maximum Gasteiger partial charge on any atom is 0.416 e. The van der Waals surface area contributed by atoms with E-state index in [4.69, 9.17) is 5.11 Å². The first-order valence-electron chi connectivity index (χ1n) is 5.47. The number of rotatable bonds is 4. The van der Waals surface area contributed by atoms with E-state index in [1.807, 2.05) is 20.8 Å². The van der Waals surface area contributed by atoms with Gasteiger partial charge >= 0.3 is 6.18 Å². The molecule has 1 aromatic heterocycles. The van der Waals surface area contributed by atoms with Crippen molar-refractivity contribution < 1.29 is 18.3 Å². The molecular formula is C10H17F3N4O. The van der Waals surface area contributed by atoms with E-state index in [1.165, 1.54) is 6.20 Å². The summed E-state index contributed by atoms with van der Waals surface area (Å²) in [5.41, 5.74) is 0.411. The molecule has 0 amide bonds. The van der Waals surface area contributed by atoms with Crippen LogP contribution in [0.2, 0.25) is 0 Å². The number of hydrogen-bond acceptors (Lipinski definition) is 4. The Morgan fingerprint density at radius 3 is 2.50 bits per heavy atom. The zero-order valence-electron chi connectivity index (χ0n) is 10.5. The number of alkyl halides is 3. The van der Waals surface area contributed by atoms with E-state index in [0.717, 1.165) is 4.68 Å². The Labute approximate surface area is 103 Å². The smallest absolute Gasteiger partial charge is 0.382 e. The van der Waals surface area contributed by atoms with Gasteiger partial charge in [0.1, 0.15) is 0 Å². The molecule has 0 bridgehead atoms. The molecule has 0 saturated heterocycles. The quantitative estimate of drug-likeness (QED) is 0.856. The van der Waals surface area contributed by atoms with Crippen molar-refractivity contribution >= 4 is 0 Å². The summed E-state index contributed by atoms with van der Waals surface area (Å²) in [5.74, 6) is 0. The van der Waals surface area contributed by atoms with Crippen molar-refractivity contribution in [3.8, 4) is 0 Å². The molecule has 2 N–H and O–H groups in total. The van der Waals surface area contributed by atoms with Gasteiger partial charge < -0.3 is 10.4 Å². The van der Waals surface area contributed by atoms with Gasteiger partial charge in [0.2, 0.25) is 0 Å². The predicted octanol–water partition coefficient (Wildman–Crippen LogP) is 1.09. The van der Waals surface area contributed by atoms with Crippen molar-refractivity contribution in [2.75, 3.05) is 0 Å². The van der Waals surface area contributed by atoms with Gasteiger partial charge in [0.05, 0.1) is 12.2 Å². The van der Waals surface area contributed by atoms with Crippen LogP contribution < -0.4 is 5.32 Å². The fourth-order valence-electron chi connectivity index (χ4n) is 1.15. The molecule has 1 unspecified atom stereocenters. The van der Waals surface area contributed by atoms with Crippen molar-refractivity contribution in [3.63, 3.8) is 0 Å². The first kappa shape index (κ1) is 14.9. The van der Waals surface area contributed by atoms with Crippen LogP contribution in [0.3, 0.4) is 0 Å². The fraction of sp³-hybridized carbons (Fsp3) is 0.800. The van der Waals surface area contributed by atoms with E-state index in [-0.39, 0.29) is 5.54 Å². The Kier molecular flexibility index (Phi) is 4.33. The molecule has 0 radical (unpaired) electrons. The van der Waals surface area contributed by atoms with Gasteiger partial charge in [-0.3, -0.25) is 0 Å². The minimum atomic E-state index is -4.64. The number of aromatic nitrogens is 3. The Balaban J connectivity index is 2.54. The van der Waals surface area contributed by atoms with Crippen LogP contribution >= 0.6 is 0 Å². The minimum Gasteiger partial charge on any atom is -0.382 e. The third-order valence-corrected chi connectivity index (χ3v) is 2.12. The lowest BCUT2D eigenvalue weighted by molar-refractivity contribution is -0.208. The molecule has 18 heavy (non-hydrogen) atoms. The van der Waals surface area contributed by atoms with Gasteiger partial charge in [0.25, 0.3) is 0 Å². The van der Waals surface area contributed by atoms with Gasteiger partial charge in [0, 0.05) is 18.3 Å². The zero-order chi connectivity index (χ0) is 14.0. The summed E-state index contributed by atoms with van der Waals surface area (Å²) in [4.78, 5) is 0. The van der Waals surface area contributed by atoms with Crippen LogP contribution in [0.1, 0.15) is 26.5 Å². The summed E-state index contributed by atoms with van der Waals surface area (Å²) < 4.78 is 37.4. The van der Waals surface area contributed by atoms with Crippen LogP contribution in [0.5, 0.6) is 0 Å². The topological polar surface area (TPSA) is 63.0 Å². The maximum atomic E-state index is 12.1. The SMILES string of the molecule is CC(C)(C)NCc1cn(CC(O)C(F)(F)F)nn1. The van der Waals surface area contributed by atoms with E-state index in [1.54, 1.807) is 0 Å². The number of halogens is 3. The number of aliphatic hydroxyl groups excluding tert-OH is 1. The van der Waals surface area contributed by atoms with E-state index in [0.29, 0.717) is 12.2 Å². The molecule has 1 rings (SSSR count). The summed E-state index contributed by atoms with van der Waals surface area (Å²) in [6, 6.07) is 0. The molecule has 0 aliphatic carbocycles. The van der Waals surface area contributed by atoms with Crippen molar-refractivity contribution in [1.29, 1.82) is 0 Å². The third-order valence-electron chi connectivity index (χ3n) is 2.12. The van der Waals surface area contributed by atoms with Gasteiger partial charge in [0.15, 0.2) is 6.10 Å². The van der Waals surface area contributed by atoms with Crippen molar-refractivity contribution in [2.45, 2.75) is 51.7 Å². The zero-order valence-corrected chi connectivity index (χ0v) is 10.5. The second-order valence-electron chi connectivity index (χ2n) is 5.09. The van der Waals surface area contributed by atoms with Gasteiger partial charge in [-0.05, 0) is 20.8 Å². The molecule has 0 aliphatic rings. The number of nitrogens with zero attached hydrogens (tertiary/aromatic N) is 3. The molecule has 1 atom stereocenters. The highest BCUT2D eigenvalue weighted by atomic mass is 19.4. The Bertz CT molecular complexity index is 383. The lowest BCUT2D eigenvalue weighted by Gasteiger charge is -2.19. The van der Waals surface area contributed by atoms with Gasteiger partial charge in [-0.15, -0.1) is 5.10 Å². The fourth-order valence-corrected chi connectivity index (χ4v) is 1.15. The molecule has 5 nitrogen and oxygen atoms in total. The lowest BCUT2D eigenvalue weighted by atomic mass is 10.1. The molecular weight excluding hydrogens is 249 g/mol. The Hall–Kier alpha value is -1.15. The second kappa shape index (κ2) is 5.23. The monoisotopic (exact) mass is 266 g/mol. The highest BCUT2D eigenvalue weighted by Gasteiger charge is 2.38. The molecule has 0 aliphatic heterocycles. The number of hydrogen-bond donors (Lipinski definition) is 2. The van der Waals surface area contributed by atoms with Crippen molar-refractivity contribution in [3.05, 3.63) is 11.9 Å². The average Bonchev–Trinajstić information content (AvgIpc) is 2.60. The molecule has 1 aromatic rings. The summed E-state index contributed by atoms with van der Waals surface area (Å²) in [6.07, 6.45) is -5.69. The Morgan fingerprint density at radius 2 is 2.00 bits per heavy atom. The van der Waals surface area contributed by atoms with Gasteiger partial charge in [-0.2, -0.15) is 13.2 Å². The molecule has 0 aromatic carbocycles. The van der Waals surface area contributed by atoms with Crippen LogP contribution in [0.4, 0.5) is 13.2 Å². The molecule has 0 fully saturated rings. The van der Waals surface area contributed by atoms with Crippen LogP contribution in [-0.4, -0.2) is 37.9 Å². The summed E-state index contributed by atoms with van der Waals surface area (Å²) >= 11 is 0. The largest absolute Gasteiger partial charge is 0.416 e. The summed E-state index contributed by atoms with van der Waals surface area (Å²) in [7, 11) is 0. The first-order valence-corrected chi connectivity index (χ1v) is 5.47. The second-order valence-corrected chi connectivity index (χ2v) is 5.09. The number of nitrogens with one attached hydrogen (secondary N) is 1. The van der Waals surface area contributed by atoms with E-state index in [2.05, 4.69) is 15.6 Å². The van der Waals surface area contributed by atoms with Gasteiger partial charge in [-0.1, -0.05) is 5.21 Å². The van der Waals surface area contributed by atoms with Gasteiger partial charge in [-0.25, -0.2) is 4.68 Å². The molecule has 104 valence electrons. The van der Waals surface area contributed by atoms with Crippen LogP contribution in [0, 0.1) is 0 Å². The molecule has 0 saturated carbocycles. The normalized spacial score (nSPS) is 14.8. The van der Waals surface area contributed by atoms with Crippen LogP contribution in [0.25, 0.3) is 0 Å². The van der Waals surface area contributed by atoms with E-state index >= 15 is 0 Å². The van der Waals surface area contributed by atoms with Crippen LogP contribution in [-0.2, 0) is 13.1 Å². The molecule has 0 spiro atoms. The third kappa shape index (κ3) is 5.01. The van der Waals surface area contributed by atoms with Crippen molar-refractivity contribution in [2.24, 2.45) is 0 Å².